The minimum Gasteiger partial charge on any atom is -0.493 e. The summed E-state index contributed by atoms with van der Waals surface area (Å²) in [5, 5.41) is 0. The third-order valence-corrected chi connectivity index (χ3v) is 5.60. The number of amides is 1. The van der Waals surface area contributed by atoms with Crippen LogP contribution in [0.4, 0.5) is 8.78 Å². The van der Waals surface area contributed by atoms with E-state index in [1.54, 1.807) is 12.1 Å². The molecule has 0 unspecified atom stereocenters. The summed E-state index contributed by atoms with van der Waals surface area (Å²) in [6.45, 7) is 3.56. The van der Waals surface area contributed by atoms with Crippen LogP contribution in [0.5, 0.6) is 11.5 Å². The monoisotopic (exact) mass is 413 g/mol. The van der Waals surface area contributed by atoms with Crippen molar-refractivity contribution in [2.45, 2.75) is 32.3 Å². The molecule has 30 heavy (non-hydrogen) atoms. The highest BCUT2D eigenvalue weighted by molar-refractivity contribution is 5.99. The molecule has 1 saturated heterocycles. The highest BCUT2D eigenvalue weighted by Crippen LogP contribution is 2.39. The summed E-state index contributed by atoms with van der Waals surface area (Å²) in [6, 6.07) is 5.43. The molecule has 0 spiro atoms. The molecule has 3 heterocycles. The van der Waals surface area contributed by atoms with Crippen LogP contribution in [0.3, 0.4) is 0 Å². The average molecular weight is 413 g/mol. The molecule has 1 aromatic heterocycles. The van der Waals surface area contributed by atoms with Crippen molar-refractivity contribution in [3.05, 3.63) is 52.9 Å². The number of likely N-dealkylation sites (tertiary alicyclic amines) is 1. The van der Waals surface area contributed by atoms with Crippen LogP contribution in [-0.4, -0.2) is 40.5 Å². The summed E-state index contributed by atoms with van der Waals surface area (Å²) in [7, 11) is 0. The maximum Gasteiger partial charge on any atom is 0.254 e. The Kier molecular flexibility index (Phi) is 4.56. The lowest BCUT2D eigenvalue weighted by Crippen LogP contribution is -2.27. The molecule has 156 valence electrons. The van der Waals surface area contributed by atoms with Crippen LogP contribution >= 0.6 is 0 Å². The number of hydrogen-bond donors (Lipinski definition) is 1. The Morgan fingerprint density at radius 2 is 2.03 bits per heavy atom. The lowest BCUT2D eigenvalue weighted by atomic mass is 10.0. The number of nitrogens with zero attached hydrogens (tertiary/aromatic N) is 2. The van der Waals surface area contributed by atoms with E-state index in [0.29, 0.717) is 34.6 Å². The van der Waals surface area contributed by atoms with E-state index in [0.717, 1.165) is 38.1 Å². The quantitative estimate of drug-likeness (QED) is 0.696. The van der Waals surface area contributed by atoms with E-state index < -0.39 is 17.7 Å². The van der Waals surface area contributed by atoms with E-state index in [4.69, 9.17) is 9.47 Å². The number of nitrogens with one attached hydrogen (secondary N) is 1. The summed E-state index contributed by atoms with van der Waals surface area (Å²) in [4.78, 5) is 22.4. The van der Waals surface area contributed by atoms with Crippen molar-refractivity contribution in [3.63, 3.8) is 0 Å². The van der Waals surface area contributed by atoms with Gasteiger partial charge in [0.25, 0.3) is 5.91 Å². The molecule has 1 N–H and O–H groups in total. The van der Waals surface area contributed by atoms with E-state index >= 15 is 0 Å². The number of fused-ring (bicyclic) bond motifs is 2. The van der Waals surface area contributed by atoms with Crippen LogP contribution in [-0.2, 0) is 0 Å². The third kappa shape index (κ3) is 3.26. The van der Waals surface area contributed by atoms with Gasteiger partial charge in [-0.3, -0.25) is 4.79 Å². The standard InChI is InChI=1S/C22H21F2N3O3/c1-12-25-16-8-13(22(28)27-5-2-3-6-27)9-19(21(16)26-12)30-17-4-7-29-18-11-14(23)10-15(24)20(17)18/h8-11,17H,2-7H2,1H3,(H,25,26)/t17-/m0/s1. The molecule has 6 nitrogen and oxygen atoms in total. The number of aromatic nitrogens is 2. The van der Waals surface area contributed by atoms with Crippen molar-refractivity contribution in [2.75, 3.05) is 19.7 Å². The van der Waals surface area contributed by atoms with Gasteiger partial charge in [0.05, 0.1) is 17.7 Å². The molecule has 0 bridgehead atoms. The molecule has 0 aliphatic carbocycles. The Morgan fingerprint density at radius 1 is 1.23 bits per heavy atom. The zero-order valence-electron chi connectivity index (χ0n) is 16.5. The summed E-state index contributed by atoms with van der Waals surface area (Å²) < 4.78 is 39.7. The van der Waals surface area contributed by atoms with E-state index in [2.05, 4.69) is 9.97 Å². The van der Waals surface area contributed by atoms with Gasteiger partial charge in [-0.15, -0.1) is 0 Å². The summed E-state index contributed by atoms with van der Waals surface area (Å²) in [6.07, 6.45) is 1.71. The SMILES string of the molecule is Cc1nc2c(O[C@H]3CCOc4cc(F)cc(F)c43)cc(C(=O)N3CCCC3)cc2[nH]1. The molecule has 0 radical (unpaired) electrons. The smallest absolute Gasteiger partial charge is 0.254 e. The molecular weight excluding hydrogens is 392 g/mol. The maximum atomic E-state index is 14.5. The number of halogens is 2. The second-order valence-corrected chi connectivity index (χ2v) is 7.74. The van der Waals surface area contributed by atoms with Crippen molar-refractivity contribution >= 4 is 16.9 Å². The first-order valence-electron chi connectivity index (χ1n) is 10.1. The van der Waals surface area contributed by atoms with Crippen molar-refractivity contribution in [1.82, 2.24) is 14.9 Å². The molecular formula is C22H21F2N3O3. The van der Waals surface area contributed by atoms with Crippen molar-refractivity contribution in [2.24, 2.45) is 0 Å². The van der Waals surface area contributed by atoms with Crippen molar-refractivity contribution in [1.29, 1.82) is 0 Å². The van der Waals surface area contributed by atoms with E-state index in [9.17, 15) is 13.6 Å². The maximum absolute atomic E-state index is 14.5. The van der Waals surface area contributed by atoms with Gasteiger partial charge in [-0.25, -0.2) is 13.8 Å². The van der Waals surface area contributed by atoms with Crippen LogP contribution in [0.25, 0.3) is 11.0 Å². The Morgan fingerprint density at radius 3 is 2.83 bits per heavy atom. The topological polar surface area (TPSA) is 67.5 Å². The van der Waals surface area contributed by atoms with Gasteiger partial charge in [0.15, 0.2) is 0 Å². The predicted molar refractivity (Wildman–Crippen MR) is 106 cm³/mol. The van der Waals surface area contributed by atoms with Gasteiger partial charge in [0, 0.05) is 37.2 Å². The van der Waals surface area contributed by atoms with Crippen LogP contribution in [0.1, 0.15) is 47.1 Å². The Hall–Kier alpha value is -3.16. The van der Waals surface area contributed by atoms with Crippen LogP contribution in [0.15, 0.2) is 24.3 Å². The third-order valence-electron chi connectivity index (χ3n) is 5.60. The molecule has 1 fully saturated rings. The highest BCUT2D eigenvalue weighted by atomic mass is 19.1. The largest absolute Gasteiger partial charge is 0.493 e. The van der Waals surface area contributed by atoms with E-state index in [-0.39, 0.29) is 23.8 Å². The molecule has 5 rings (SSSR count). The number of aryl methyl sites for hydroxylation is 1. The van der Waals surface area contributed by atoms with Crippen LogP contribution in [0, 0.1) is 18.6 Å². The summed E-state index contributed by atoms with van der Waals surface area (Å²) in [5.41, 5.74) is 1.93. The number of ether oxygens (including phenoxy) is 2. The minimum atomic E-state index is -0.714. The van der Waals surface area contributed by atoms with Gasteiger partial charge in [0.2, 0.25) is 0 Å². The molecule has 0 saturated carbocycles. The van der Waals surface area contributed by atoms with Gasteiger partial charge in [-0.05, 0) is 31.9 Å². The molecule has 8 heteroatoms. The van der Waals surface area contributed by atoms with Crippen LogP contribution < -0.4 is 9.47 Å². The van der Waals surface area contributed by atoms with Gasteiger partial charge >= 0.3 is 0 Å². The Balaban J connectivity index is 1.56. The van der Waals surface area contributed by atoms with Crippen molar-refractivity contribution in [3.8, 4) is 11.5 Å². The molecule has 1 amide bonds. The fourth-order valence-electron chi connectivity index (χ4n) is 4.21. The first-order chi connectivity index (χ1) is 14.5. The number of imidazole rings is 1. The number of H-pyrrole nitrogens is 1. The fraction of sp³-hybridized carbons (Fsp3) is 0.364. The van der Waals surface area contributed by atoms with Gasteiger partial charge < -0.3 is 19.4 Å². The molecule has 2 aliphatic heterocycles. The number of aromatic amines is 1. The van der Waals surface area contributed by atoms with Crippen LogP contribution in [0.2, 0.25) is 0 Å². The zero-order chi connectivity index (χ0) is 20.8. The molecule has 3 aromatic rings. The Bertz CT molecular complexity index is 1140. The fourth-order valence-corrected chi connectivity index (χ4v) is 4.21. The minimum absolute atomic E-state index is 0.0628. The first-order valence-corrected chi connectivity index (χ1v) is 10.1. The van der Waals surface area contributed by atoms with Crippen molar-refractivity contribution < 1.29 is 23.0 Å². The highest BCUT2D eigenvalue weighted by Gasteiger charge is 2.29. The number of benzene rings is 2. The summed E-state index contributed by atoms with van der Waals surface area (Å²) in [5.74, 6) is -0.263. The predicted octanol–water partition coefficient (Wildman–Crippen LogP) is 4.29. The van der Waals surface area contributed by atoms with E-state index in [1.165, 1.54) is 0 Å². The van der Waals surface area contributed by atoms with Gasteiger partial charge in [-0.1, -0.05) is 0 Å². The Labute approximate surface area is 171 Å². The second-order valence-electron chi connectivity index (χ2n) is 7.74. The number of hydrogen-bond acceptors (Lipinski definition) is 4. The van der Waals surface area contributed by atoms with E-state index in [1.807, 2.05) is 11.8 Å². The lowest BCUT2D eigenvalue weighted by Gasteiger charge is -2.27. The molecule has 1 atom stereocenters. The zero-order valence-corrected chi connectivity index (χ0v) is 16.5. The van der Waals surface area contributed by atoms with Gasteiger partial charge in [0.1, 0.15) is 40.6 Å². The average Bonchev–Trinajstić information content (AvgIpc) is 3.36. The number of carbonyl (C=O) groups is 1. The summed E-state index contributed by atoms with van der Waals surface area (Å²) >= 11 is 0. The van der Waals surface area contributed by atoms with Gasteiger partial charge in [-0.2, -0.15) is 0 Å². The normalized spacial score (nSPS) is 18.4. The molecule has 2 aliphatic rings. The number of carbonyl (C=O) groups excluding carboxylic acids is 1. The first kappa shape index (κ1) is 18.8. The molecule has 2 aromatic carbocycles. The lowest BCUT2D eigenvalue weighted by molar-refractivity contribution is 0.0791. The number of rotatable bonds is 3. The second kappa shape index (κ2) is 7.27.